The summed E-state index contributed by atoms with van der Waals surface area (Å²) >= 11 is 6.43. The quantitative estimate of drug-likeness (QED) is 0.146. The monoisotopic (exact) mass is 621 g/mol. The second kappa shape index (κ2) is 13.7. The SMILES string of the molecule is CCN1CCCC(N=[N+]=NC(=O)c2cccc(N(c3nc4ccccc4nc3Nc3cc(OC)ccc3Cl)[SH](=O)=O)c2)C1. The van der Waals surface area contributed by atoms with Gasteiger partial charge in [0.1, 0.15) is 16.9 Å². The summed E-state index contributed by atoms with van der Waals surface area (Å²) in [4.78, 5) is 28.3. The highest BCUT2D eigenvalue weighted by Crippen LogP contribution is 2.36. The molecule has 1 aromatic heterocycles. The van der Waals surface area contributed by atoms with E-state index in [1.165, 1.54) is 19.2 Å². The van der Waals surface area contributed by atoms with Crippen molar-refractivity contribution in [1.29, 1.82) is 0 Å². The van der Waals surface area contributed by atoms with Crippen molar-refractivity contribution >= 4 is 62.4 Å². The van der Waals surface area contributed by atoms with Crippen molar-refractivity contribution in [2.24, 2.45) is 10.2 Å². The Balaban J connectivity index is 1.51. The number of halogens is 1. The third kappa shape index (κ3) is 7.15. The lowest BCUT2D eigenvalue weighted by molar-refractivity contribution is 0.0991. The number of carbonyl (C=O) groups is 1. The van der Waals surface area contributed by atoms with Crippen LogP contribution in [-0.4, -0.2) is 62.0 Å². The summed E-state index contributed by atoms with van der Waals surface area (Å²) in [6.07, 6.45) is 1.89. The number of carbonyl (C=O) groups excluding carboxylic acids is 1. The summed E-state index contributed by atoms with van der Waals surface area (Å²) in [5.41, 5.74) is 1.72. The zero-order chi connectivity index (χ0) is 30.3. The number of amides is 1. The molecule has 43 heavy (non-hydrogen) atoms. The first kappa shape index (κ1) is 30.1. The lowest BCUT2D eigenvalue weighted by atomic mass is 10.1. The Morgan fingerprint density at radius 2 is 1.93 bits per heavy atom. The number of rotatable bonds is 9. The highest BCUT2D eigenvalue weighted by Gasteiger charge is 2.24. The number of nitrogens with zero attached hydrogens (tertiary/aromatic N) is 7. The Labute approximate surface area is 255 Å². The lowest BCUT2D eigenvalue weighted by Gasteiger charge is -2.26. The Morgan fingerprint density at radius 3 is 2.67 bits per heavy atom. The van der Waals surface area contributed by atoms with Gasteiger partial charge in [0, 0.05) is 12.6 Å². The largest absolute Gasteiger partial charge is 0.497 e. The van der Waals surface area contributed by atoms with Crippen LogP contribution in [0.4, 0.5) is 23.0 Å². The maximum absolute atomic E-state index is 12.9. The molecule has 12 nitrogen and oxygen atoms in total. The molecule has 1 fully saturated rings. The number of thiol groups is 1. The van der Waals surface area contributed by atoms with E-state index in [0.717, 1.165) is 36.8 Å². The van der Waals surface area contributed by atoms with Gasteiger partial charge in [-0.05, 0) is 68.4 Å². The fourth-order valence-electron chi connectivity index (χ4n) is 4.75. The average Bonchev–Trinajstić information content (AvgIpc) is 3.02. The van der Waals surface area contributed by atoms with Crippen LogP contribution in [0.3, 0.4) is 0 Å². The molecule has 0 aliphatic carbocycles. The third-order valence-electron chi connectivity index (χ3n) is 6.96. The number of likely N-dealkylation sites (tertiary alicyclic amines) is 1. The standard InChI is InChI=1S/C29H29ClN8O4S/c1-3-37-15-7-9-20(18-37)34-36-35-29(39)19-8-6-10-21(16-19)38(43(40)41)28-27(31-24-11-4-5-12-25(24)33-28)32-26-17-22(42-2)13-14-23(26)30/h4-6,8,10-14,16-17,20,43H,3,7,9,15,18H2,1-2H3/p+1. The number of benzene rings is 3. The number of ether oxygens (including phenoxy) is 1. The second-order valence-electron chi connectivity index (χ2n) is 9.75. The minimum atomic E-state index is -3.29. The van der Waals surface area contributed by atoms with Crippen LogP contribution in [0.2, 0.25) is 5.02 Å². The first-order valence-electron chi connectivity index (χ1n) is 13.7. The molecule has 1 aliphatic heterocycles. The van der Waals surface area contributed by atoms with Crippen LogP contribution >= 0.6 is 11.6 Å². The van der Waals surface area contributed by atoms with Crippen LogP contribution in [-0.2, 0) is 10.9 Å². The van der Waals surface area contributed by atoms with Crippen LogP contribution in [0.25, 0.3) is 11.0 Å². The van der Waals surface area contributed by atoms with E-state index < -0.39 is 16.8 Å². The van der Waals surface area contributed by atoms with Gasteiger partial charge < -0.3 is 15.0 Å². The number of nitrogens with one attached hydrogen (secondary N) is 1. The first-order chi connectivity index (χ1) is 20.9. The summed E-state index contributed by atoms with van der Waals surface area (Å²) in [5, 5.41) is 11.5. The van der Waals surface area contributed by atoms with Crippen LogP contribution in [0.5, 0.6) is 5.75 Å². The molecule has 0 saturated carbocycles. The summed E-state index contributed by atoms with van der Waals surface area (Å²) in [6, 6.07) is 18.1. The molecule has 1 atom stereocenters. The van der Waals surface area contributed by atoms with E-state index in [2.05, 4.69) is 42.2 Å². The van der Waals surface area contributed by atoms with Crippen molar-refractivity contribution in [2.45, 2.75) is 25.8 Å². The number of fused-ring (bicyclic) bond motifs is 1. The summed E-state index contributed by atoms with van der Waals surface area (Å²) in [5.74, 6) is -0.0160. The van der Waals surface area contributed by atoms with Gasteiger partial charge in [-0.15, -0.1) is 0 Å². The van der Waals surface area contributed by atoms with E-state index in [1.807, 2.05) is 0 Å². The molecule has 4 aromatic rings. The Morgan fingerprint density at radius 1 is 1.14 bits per heavy atom. The van der Waals surface area contributed by atoms with Gasteiger partial charge in [-0.3, -0.25) is 4.79 Å². The number of hydrogen-bond acceptors (Lipinski definition) is 9. The van der Waals surface area contributed by atoms with Gasteiger partial charge in [0.15, 0.2) is 11.6 Å². The minimum absolute atomic E-state index is 0.0206. The number of methoxy groups -OCH3 is 1. The molecule has 1 unspecified atom stereocenters. The number of anilines is 4. The Hall–Kier alpha value is -4.42. The topological polar surface area (TPSA) is 144 Å². The van der Waals surface area contributed by atoms with Crippen LogP contribution in [0.15, 0.2) is 77.0 Å². The van der Waals surface area contributed by atoms with E-state index in [0.29, 0.717) is 27.5 Å². The van der Waals surface area contributed by atoms with Crippen molar-refractivity contribution in [2.75, 3.05) is 36.4 Å². The first-order valence-corrected chi connectivity index (χ1v) is 15.2. The lowest BCUT2D eigenvalue weighted by Crippen LogP contribution is -2.37. The highest BCUT2D eigenvalue weighted by atomic mass is 35.5. The molecule has 0 bridgehead atoms. The van der Waals surface area contributed by atoms with E-state index in [-0.39, 0.29) is 28.9 Å². The number of likely N-dealkylation sites (N-methyl/N-ethyl adjacent to an activating group) is 1. The van der Waals surface area contributed by atoms with E-state index in [1.54, 1.807) is 54.6 Å². The molecule has 1 saturated heterocycles. The number of para-hydroxylation sites is 2. The van der Waals surface area contributed by atoms with E-state index in [4.69, 9.17) is 16.3 Å². The molecule has 3 aromatic carbocycles. The van der Waals surface area contributed by atoms with Gasteiger partial charge >= 0.3 is 5.91 Å². The molecule has 5 rings (SSSR count). The van der Waals surface area contributed by atoms with Gasteiger partial charge in [0.25, 0.3) is 0 Å². The molecule has 2 heterocycles. The van der Waals surface area contributed by atoms with Crippen LogP contribution in [0.1, 0.15) is 30.1 Å². The molecule has 1 aliphatic rings. The van der Waals surface area contributed by atoms with E-state index in [9.17, 15) is 13.2 Å². The van der Waals surface area contributed by atoms with Gasteiger partial charge in [-0.2, -0.15) is 0 Å². The third-order valence-corrected chi connectivity index (χ3v) is 8.04. The van der Waals surface area contributed by atoms with Crippen molar-refractivity contribution < 1.29 is 17.9 Å². The van der Waals surface area contributed by atoms with Crippen LogP contribution in [0, 0.1) is 0 Å². The molecular formula is C29H30ClN8O4S+. The average molecular weight is 622 g/mol. The Kier molecular flexibility index (Phi) is 9.58. The van der Waals surface area contributed by atoms with Gasteiger partial charge in [0.05, 0.1) is 40.1 Å². The maximum Gasteiger partial charge on any atom is 0.360 e. The predicted molar refractivity (Wildman–Crippen MR) is 166 cm³/mol. The summed E-state index contributed by atoms with van der Waals surface area (Å²) in [6.45, 7) is 4.82. The maximum atomic E-state index is 12.9. The van der Waals surface area contributed by atoms with Crippen molar-refractivity contribution in [1.82, 2.24) is 19.8 Å². The number of hydrogen-bond donors (Lipinski definition) is 2. The smallest absolute Gasteiger partial charge is 0.360 e. The molecule has 0 radical (unpaired) electrons. The van der Waals surface area contributed by atoms with Crippen molar-refractivity contribution in [3.8, 4) is 5.75 Å². The fraction of sp³-hybridized carbons (Fsp3) is 0.276. The summed E-state index contributed by atoms with van der Waals surface area (Å²) in [7, 11) is -1.77. The second-order valence-corrected chi connectivity index (χ2v) is 11.0. The number of aromatic nitrogens is 2. The molecule has 0 spiro atoms. The molecule has 222 valence electrons. The molecule has 1 amide bonds. The minimum Gasteiger partial charge on any atom is -0.497 e. The highest BCUT2D eigenvalue weighted by molar-refractivity contribution is 7.74. The number of piperidine rings is 1. The molecular weight excluding hydrogens is 592 g/mol. The van der Waals surface area contributed by atoms with Gasteiger partial charge in [-0.25, -0.2) is 22.7 Å². The van der Waals surface area contributed by atoms with Crippen LogP contribution < -0.4 is 19.3 Å². The fourth-order valence-corrected chi connectivity index (χ4v) is 5.52. The molecule has 14 heteroatoms. The Bertz CT molecular complexity index is 1790. The summed E-state index contributed by atoms with van der Waals surface area (Å²) < 4.78 is 31.8. The predicted octanol–water partition coefficient (Wildman–Crippen LogP) is 5.30. The van der Waals surface area contributed by atoms with E-state index >= 15 is 0 Å². The van der Waals surface area contributed by atoms with Gasteiger partial charge in [-0.1, -0.05) is 36.7 Å². The van der Waals surface area contributed by atoms with Gasteiger partial charge in [0.2, 0.25) is 20.9 Å². The molecule has 1 N–H and O–H groups in total. The van der Waals surface area contributed by atoms with Crippen molar-refractivity contribution in [3.05, 3.63) is 77.3 Å². The zero-order valence-corrected chi connectivity index (χ0v) is 25.2. The normalized spacial score (nSPS) is 15.1. The van der Waals surface area contributed by atoms with Crippen molar-refractivity contribution in [3.63, 3.8) is 0 Å². The zero-order valence-electron chi connectivity index (χ0n) is 23.6.